The van der Waals surface area contributed by atoms with E-state index in [2.05, 4.69) is 11.4 Å². The van der Waals surface area contributed by atoms with Gasteiger partial charge in [0.1, 0.15) is 0 Å². The first-order valence-electron chi connectivity index (χ1n) is 6.92. The second kappa shape index (κ2) is 6.99. The maximum Gasteiger partial charge on any atom is 0.161 e. The summed E-state index contributed by atoms with van der Waals surface area (Å²) in [7, 11) is 5.23. The normalized spacial score (nSPS) is 12.0. The minimum atomic E-state index is 0.162. The second-order valence-electron chi connectivity index (χ2n) is 4.86. The summed E-state index contributed by atoms with van der Waals surface area (Å²) in [5.41, 5.74) is 9.12. The summed E-state index contributed by atoms with van der Waals surface area (Å²) in [4.78, 5) is 0. The Morgan fingerprint density at radius 2 is 1.76 bits per heavy atom. The van der Waals surface area contributed by atoms with Gasteiger partial charge in [0, 0.05) is 11.7 Å². The minimum absolute atomic E-state index is 0.162. The molecule has 0 fully saturated rings. The van der Waals surface area contributed by atoms with Gasteiger partial charge >= 0.3 is 0 Å². The largest absolute Gasteiger partial charge is 0.493 e. The highest BCUT2D eigenvalue weighted by Crippen LogP contribution is 2.31. The van der Waals surface area contributed by atoms with E-state index < -0.39 is 0 Å². The molecule has 0 heterocycles. The van der Waals surface area contributed by atoms with E-state index in [4.69, 9.17) is 15.2 Å². The molecule has 0 unspecified atom stereocenters. The van der Waals surface area contributed by atoms with Gasteiger partial charge in [-0.05, 0) is 42.8 Å². The van der Waals surface area contributed by atoms with Crippen LogP contribution in [0.2, 0.25) is 0 Å². The monoisotopic (exact) mass is 286 g/mol. The van der Waals surface area contributed by atoms with Crippen LogP contribution in [-0.2, 0) is 6.42 Å². The average Bonchev–Trinajstić information content (AvgIpc) is 2.53. The number of nitrogens with two attached hydrogens (primary N) is 1. The molecule has 2 rings (SSSR count). The van der Waals surface area contributed by atoms with Crippen molar-refractivity contribution in [3.05, 3.63) is 53.6 Å². The van der Waals surface area contributed by atoms with Gasteiger partial charge in [0.05, 0.1) is 14.2 Å². The molecule has 0 bridgehead atoms. The molecule has 0 radical (unpaired) electrons. The lowest BCUT2D eigenvalue weighted by molar-refractivity contribution is 0.354. The highest BCUT2D eigenvalue weighted by molar-refractivity contribution is 5.48. The Morgan fingerprint density at radius 1 is 1.05 bits per heavy atom. The third-order valence-electron chi connectivity index (χ3n) is 3.64. The van der Waals surface area contributed by atoms with Gasteiger partial charge in [-0.1, -0.05) is 24.3 Å². The Hall–Kier alpha value is -2.20. The molecule has 0 aliphatic rings. The summed E-state index contributed by atoms with van der Waals surface area (Å²) in [6.45, 7) is 0. The fourth-order valence-corrected chi connectivity index (χ4v) is 2.40. The standard InChI is InChI=1S/C17H22N2O2/c1-19-15(10-12-6-4-5-7-14(12)18)13-8-9-16(20-2)17(11-13)21-3/h4-9,11,15,19H,10,18H2,1-3H3/t15-/m0/s1. The highest BCUT2D eigenvalue weighted by atomic mass is 16.5. The van der Waals surface area contributed by atoms with Gasteiger partial charge in [0.2, 0.25) is 0 Å². The van der Waals surface area contributed by atoms with Crippen molar-refractivity contribution in [2.45, 2.75) is 12.5 Å². The van der Waals surface area contributed by atoms with Gasteiger partial charge in [0.25, 0.3) is 0 Å². The van der Waals surface area contributed by atoms with Gasteiger partial charge in [-0.2, -0.15) is 0 Å². The first-order chi connectivity index (χ1) is 10.2. The zero-order valence-corrected chi connectivity index (χ0v) is 12.7. The molecule has 0 aromatic heterocycles. The van der Waals surface area contributed by atoms with Crippen molar-refractivity contribution in [3.8, 4) is 11.5 Å². The van der Waals surface area contributed by atoms with Crippen LogP contribution < -0.4 is 20.5 Å². The molecule has 0 spiro atoms. The molecule has 0 saturated heterocycles. The van der Waals surface area contributed by atoms with Crippen LogP contribution in [0, 0.1) is 0 Å². The van der Waals surface area contributed by atoms with Crippen LogP contribution in [0.1, 0.15) is 17.2 Å². The SMILES string of the molecule is CN[C@@H](Cc1ccccc1N)c1ccc(OC)c(OC)c1. The number of hydrogen-bond donors (Lipinski definition) is 2. The molecule has 0 amide bonds. The number of rotatable bonds is 6. The number of hydrogen-bond acceptors (Lipinski definition) is 4. The third-order valence-corrected chi connectivity index (χ3v) is 3.64. The predicted octanol–water partition coefficient (Wildman–Crippen LogP) is 2.79. The van der Waals surface area contributed by atoms with E-state index in [1.165, 1.54) is 0 Å². The molecule has 2 aromatic rings. The van der Waals surface area contributed by atoms with Crippen molar-refractivity contribution in [2.75, 3.05) is 27.0 Å². The van der Waals surface area contributed by atoms with Crippen molar-refractivity contribution in [3.63, 3.8) is 0 Å². The molecule has 0 aliphatic heterocycles. The summed E-state index contributed by atoms with van der Waals surface area (Å²) in [5, 5.41) is 3.33. The number of benzene rings is 2. The van der Waals surface area contributed by atoms with Crippen molar-refractivity contribution in [1.82, 2.24) is 5.32 Å². The number of ether oxygens (including phenoxy) is 2. The lowest BCUT2D eigenvalue weighted by Crippen LogP contribution is -2.19. The Labute approximate surface area is 125 Å². The average molecular weight is 286 g/mol. The second-order valence-corrected chi connectivity index (χ2v) is 4.86. The maximum absolute atomic E-state index is 6.03. The Kier molecular flexibility index (Phi) is 5.06. The third kappa shape index (κ3) is 3.47. The molecule has 112 valence electrons. The molecule has 0 saturated carbocycles. The Balaban J connectivity index is 2.27. The summed E-state index contributed by atoms with van der Waals surface area (Å²) >= 11 is 0. The van der Waals surface area contributed by atoms with Crippen LogP contribution >= 0.6 is 0 Å². The van der Waals surface area contributed by atoms with Crippen molar-refractivity contribution in [2.24, 2.45) is 0 Å². The molecule has 4 nitrogen and oxygen atoms in total. The highest BCUT2D eigenvalue weighted by Gasteiger charge is 2.14. The smallest absolute Gasteiger partial charge is 0.161 e. The van der Waals surface area contributed by atoms with Crippen LogP contribution in [-0.4, -0.2) is 21.3 Å². The summed E-state index contributed by atoms with van der Waals surface area (Å²) in [6, 6.07) is 14.1. The number of methoxy groups -OCH3 is 2. The number of anilines is 1. The van der Waals surface area contributed by atoms with Gasteiger partial charge < -0.3 is 20.5 Å². The van der Waals surface area contributed by atoms with Gasteiger partial charge in [-0.25, -0.2) is 0 Å². The first-order valence-corrected chi connectivity index (χ1v) is 6.92. The Morgan fingerprint density at radius 3 is 2.38 bits per heavy atom. The topological polar surface area (TPSA) is 56.5 Å². The quantitative estimate of drug-likeness (QED) is 0.802. The fourth-order valence-electron chi connectivity index (χ4n) is 2.40. The number of para-hydroxylation sites is 1. The Bertz CT molecular complexity index is 599. The van der Waals surface area contributed by atoms with Crippen molar-refractivity contribution < 1.29 is 9.47 Å². The molecule has 21 heavy (non-hydrogen) atoms. The van der Waals surface area contributed by atoms with E-state index in [1.807, 2.05) is 43.4 Å². The summed E-state index contributed by atoms with van der Waals surface area (Å²) in [6.07, 6.45) is 0.818. The van der Waals surface area contributed by atoms with E-state index in [-0.39, 0.29) is 6.04 Å². The fraction of sp³-hybridized carbons (Fsp3) is 0.294. The van der Waals surface area contributed by atoms with Crippen LogP contribution in [0.4, 0.5) is 5.69 Å². The number of likely N-dealkylation sites (N-methyl/N-ethyl adjacent to an activating group) is 1. The summed E-state index contributed by atoms with van der Waals surface area (Å²) in [5.74, 6) is 1.46. The number of nitrogens with one attached hydrogen (secondary N) is 1. The van der Waals surface area contributed by atoms with E-state index >= 15 is 0 Å². The van der Waals surface area contributed by atoms with Crippen molar-refractivity contribution in [1.29, 1.82) is 0 Å². The molecule has 1 atom stereocenters. The molecule has 4 heteroatoms. The van der Waals surface area contributed by atoms with E-state index in [0.717, 1.165) is 34.7 Å². The van der Waals surface area contributed by atoms with Gasteiger partial charge in [-0.15, -0.1) is 0 Å². The van der Waals surface area contributed by atoms with Gasteiger partial charge in [0.15, 0.2) is 11.5 Å². The number of nitrogen functional groups attached to an aromatic ring is 1. The lowest BCUT2D eigenvalue weighted by atomic mass is 9.97. The van der Waals surface area contributed by atoms with Crippen molar-refractivity contribution >= 4 is 5.69 Å². The van der Waals surface area contributed by atoms with Gasteiger partial charge in [-0.3, -0.25) is 0 Å². The van der Waals surface area contributed by atoms with Crippen LogP contribution in [0.15, 0.2) is 42.5 Å². The van der Waals surface area contributed by atoms with Crippen LogP contribution in [0.3, 0.4) is 0 Å². The molecule has 0 aliphatic carbocycles. The zero-order valence-electron chi connectivity index (χ0n) is 12.7. The predicted molar refractivity (Wildman–Crippen MR) is 85.9 cm³/mol. The maximum atomic E-state index is 6.03. The molecular formula is C17H22N2O2. The summed E-state index contributed by atoms with van der Waals surface area (Å²) < 4.78 is 10.6. The lowest BCUT2D eigenvalue weighted by Gasteiger charge is -2.19. The van der Waals surface area contributed by atoms with Crippen LogP contribution in [0.25, 0.3) is 0 Å². The van der Waals surface area contributed by atoms with E-state index in [0.29, 0.717) is 0 Å². The minimum Gasteiger partial charge on any atom is -0.493 e. The molecular weight excluding hydrogens is 264 g/mol. The first kappa shape index (κ1) is 15.2. The molecule has 2 aromatic carbocycles. The van der Waals surface area contributed by atoms with Crippen LogP contribution in [0.5, 0.6) is 11.5 Å². The van der Waals surface area contributed by atoms with E-state index in [9.17, 15) is 0 Å². The molecule has 3 N–H and O–H groups in total. The zero-order chi connectivity index (χ0) is 15.2. The van der Waals surface area contributed by atoms with E-state index in [1.54, 1.807) is 14.2 Å².